The molecule has 0 bridgehead atoms. The monoisotopic (exact) mass is 562 g/mol. The Morgan fingerprint density at radius 2 is 1.70 bits per heavy atom. The van der Waals surface area contributed by atoms with Gasteiger partial charge >= 0.3 is 6.09 Å². The number of oxime groups is 1. The summed E-state index contributed by atoms with van der Waals surface area (Å²) in [6.45, 7) is 11.8. The molecular formula is C32H60N5O3+. The molecule has 0 saturated heterocycles. The summed E-state index contributed by atoms with van der Waals surface area (Å²) in [7, 11) is 8.38. The van der Waals surface area contributed by atoms with Crippen molar-refractivity contribution in [3.05, 3.63) is 0 Å². The maximum atomic E-state index is 13.2. The van der Waals surface area contributed by atoms with Crippen LogP contribution in [0.1, 0.15) is 78.6 Å². The highest BCUT2D eigenvalue weighted by atomic mass is 16.7. The van der Waals surface area contributed by atoms with E-state index in [4.69, 9.17) is 4.84 Å². The molecule has 4 rings (SSSR count). The van der Waals surface area contributed by atoms with E-state index >= 15 is 0 Å². The Morgan fingerprint density at radius 3 is 2.42 bits per heavy atom. The lowest BCUT2D eigenvalue weighted by molar-refractivity contribution is -0.869. The lowest BCUT2D eigenvalue weighted by Gasteiger charge is -2.61. The molecule has 4 aliphatic rings. The Hall–Kier alpha value is -1.22. The average Bonchev–Trinajstić information content (AvgIpc) is 3.26. The minimum Gasteiger partial charge on any atom is -0.393 e. The molecule has 8 heteroatoms. The van der Waals surface area contributed by atoms with E-state index in [9.17, 15) is 9.90 Å². The first-order valence-electron chi connectivity index (χ1n) is 16.2. The number of hydrogen-bond acceptors (Lipinski definition) is 6. The molecule has 1 amide bonds. The quantitative estimate of drug-likeness (QED) is 0.115. The van der Waals surface area contributed by atoms with Crippen molar-refractivity contribution in [3.8, 4) is 0 Å². The number of aliphatic hydroxyl groups excluding tert-OH is 1. The predicted molar refractivity (Wildman–Crippen MR) is 162 cm³/mol. The molecular weight excluding hydrogens is 502 g/mol. The summed E-state index contributed by atoms with van der Waals surface area (Å²) < 4.78 is 0.795. The smallest absolute Gasteiger partial charge is 0.393 e. The van der Waals surface area contributed by atoms with E-state index in [1.54, 1.807) is 4.90 Å². The van der Waals surface area contributed by atoms with Crippen LogP contribution in [0, 0.1) is 40.4 Å². The van der Waals surface area contributed by atoms with Gasteiger partial charge in [0.05, 0.1) is 46.0 Å². The van der Waals surface area contributed by atoms with Crippen molar-refractivity contribution in [2.24, 2.45) is 45.6 Å². The van der Waals surface area contributed by atoms with Gasteiger partial charge in [-0.05, 0) is 106 Å². The van der Waals surface area contributed by atoms with Crippen LogP contribution in [0.2, 0.25) is 0 Å². The van der Waals surface area contributed by atoms with E-state index in [1.165, 1.54) is 38.5 Å². The van der Waals surface area contributed by atoms with Crippen molar-refractivity contribution in [2.45, 2.75) is 84.7 Å². The predicted octanol–water partition coefficient (Wildman–Crippen LogP) is 4.34. The molecule has 0 unspecified atom stereocenters. The van der Waals surface area contributed by atoms with Crippen molar-refractivity contribution in [1.29, 1.82) is 0 Å². The normalized spacial score (nSPS) is 37.9. The van der Waals surface area contributed by atoms with Crippen LogP contribution in [0.3, 0.4) is 0 Å². The summed E-state index contributed by atoms with van der Waals surface area (Å²) in [4.78, 5) is 20.6. The number of aliphatic hydroxyl groups is 1. The third-order valence-corrected chi connectivity index (χ3v) is 11.8. The fraction of sp³-hybridized carbons (Fsp3) is 0.938. The van der Waals surface area contributed by atoms with Gasteiger partial charge in [-0.15, -0.1) is 0 Å². The minimum atomic E-state index is -0.336. The Labute approximate surface area is 244 Å². The number of likely N-dealkylation sites (N-methyl/N-ethyl adjacent to an activating group) is 2. The molecule has 8 atom stereocenters. The summed E-state index contributed by atoms with van der Waals surface area (Å²) >= 11 is 0. The second kappa shape index (κ2) is 13.0. The van der Waals surface area contributed by atoms with Gasteiger partial charge in [0.25, 0.3) is 0 Å². The number of carbonyl (C=O) groups is 1. The highest BCUT2D eigenvalue weighted by Crippen LogP contribution is 2.67. The number of carbonyl (C=O) groups excluding carboxylic acids is 1. The lowest BCUT2D eigenvalue weighted by atomic mass is 9.44. The van der Waals surface area contributed by atoms with Gasteiger partial charge in [-0.2, -0.15) is 0 Å². The van der Waals surface area contributed by atoms with Crippen LogP contribution in [-0.2, 0) is 4.84 Å². The summed E-state index contributed by atoms with van der Waals surface area (Å²) in [5, 5.41) is 21.4. The van der Waals surface area contributed by atoms with Gasteiger partial charge in [-0.1, -0.05) is 19.0 Å². The van der Waals surface area contributed by atoms with Gasteiger partial charge < -0.3 is 20.2 Å². The molecule has 0 heterocycles. The molecule has 4 aliphatic carbocycles. The number of hydrogen-bond donors (Lipinski definition) is 3. The molecule has 0 aromatic heterocycles. The van der Waals surface area contributed by atoms with Crippen molar-refractivity contribution in [2.75, 3.05) is 67.5 Å². The Balaban J connectivity index is 1.38. The van der Waals surface area contributed by atoms with Crippen LogP contribution >= 0.6 is 0 Å². The molecule has 8 nitrogen and oxygen atoms in total. The van der Waals surface area contributed by atoms with E-state index in [2.05, 4.69) is 57.7 Å². The number of nitrogens with one attached hydrogen (secondary N) is 2. The standard InChI is InChI=1S/C32H60N5O3/c1-23(35-40-30(39)36(20-21-37(5,6)7)19-18-34-17-16-33-4)27-10-11-28-26-9-8-24-22-25(38)12-14-31(24,2)29(26)13-15-32(27,28)3/h24-29,33-34,38H,8-22H2,1-7H3/q+1/b35-23+/t24-,25-,26+,27-,28+,29+,31+,32-/m1/s1. The zero-order valence-electron chi connectivity index (χ0n) is 26.7. The number of fused-ring (bicyclic) bond motifs is 5. The molecule has 0 aliphatic heterocycles. The summed E-state index contributed by atoms with van der Waals surface area (Å²) in [5.41, 5.74) is 1.63. The van der Waals surface area contributed by atoms with Gasteiger partial charge in [-0.25, -0.2) is 4.79 Å². The van der Waals surface area contributed by atoms with Crippen LogP contribution in [-0.4, -0.2) is 99.9 Å². The SMILES string of the molecule is CNCCNCCN(CC[N+](C)(C)C)C(=O)O/N=C(\C)[C@H]1CC[C@H]2[C@@H]3CC[C@@H]4C[C@H](O)CC[C@]4(C)[C@H]3CC[C@]12C. The average molecular weight is 563 g/mol. The first kappa shape index (κ1) is 31.7. The van der Waals surface area contributed by atoms with Crippen LogP contribution in [0.15, 0.2) is 5.16 Å². The van der Waals surface area contributed by atoms with E-state index in [1.807, 2.05) is 7.05 Å². The number of amides is 1. The fourth-order valence-electron chi connectivity index (χ4n) is 9.42. The van der Waals surface area contributed by atoms with Crippen LogP contribution in [0.25, 0.3) is 0 Å². The van der Waals surface area contributed by atoms with Crippen molar-refractivity contribution >= 4 is 11.8 Å². The first-order valence-corrected chi connectivity index (χ1v) is 16.2. The van der Waals surface area contributed by atoms with Crippen LogP contribution < -0.4 is 10.6 Å². The van der Waals surface area contributed by atoms with Gasteiger partial charge in [0.1, 0.15) is 0 Å². The van der Waals surface area contributed by atoms with Crippen molar-refractivity contribution < 1.29 is 19.2 Å². The zero-order chi connectivity index (χ0) is 29.1. The molecule has 4 saturated carbocycles. The third kappa shape index (κ3) is 6.87. The Morgan fingerprint density at radius 1 is 0.975 bits per heavy atom. The Bertz CT molecular complexity index is 890. The van der Waals surface area contributed by atoms with Crippen molar-refractivity contribution in [3.63, 3.8) is 0 Å². The van der Waals surface area contributed by atoms with Crippen molar-refractivity contribution in [1.82, 2.24) is 15.5 Å². The second-order valence-corrected chi connectivity index (χ2v) is 15.2. The number of quaternary nitrogens is 1. The number of nitrogens with zero attached hydrogens (tertiary/aromatic N) is 3. The summed E-state index contributed by atoms with van der Waals surface area (Å²) in [6.07, 6.45) is 10.3. The van der Waals surface area contributed by atoms with E-state index in [0.717, 1.165) is 73.4 Å². The van der Waals surface area contributed by atoms with E-state index in [-0.39, 0.29) is 17.6 Å². The highest BCUT2D eigenvalue weighted by molar-refractivity contribution is 5.85. The fourth-order valence-corrected chi connectivity index (χ4v) is 9.42. The molecule has 230 valence electrons. The first-order chi connectivity index (χ1) is 18.9. The summed E-state index contributed by atoms with van der Waals surface area (Å²) in [6, 6.07) is 0. The van der Waals surface area contributed by atoms with Gasteiger partial charge in [0.15, 0.2) is 0 Å². The van der Waals surface area contributed by atoms with Gasteiger partial charge in [-0.3, -0.25) is 9.74 Å². The second-order valence-electron chi connectivity index (χ2n) is 15.2. The molecule has 0 radical (unpaired) electrons. The third-order valence-electron chi connectivity index (χ3n) is 11.8. The molecule has 0 aromatic carbocycles. The molecule has 0 spiro atoms. The largest absolute Gasteiger partial charge is 0.436 e. The molecule has 40 heavy (non-hydrogen) atoms. The minimum absolute atomic E-state index is 0.0843. The molecule has 4 fully saturated rings. The maximum Gasteiger partial charge on any atom is 0.436 e. The van der Waals surface area contributed by atoms with Crippen LogP contribution in [0.4, 0.5) is 4.79 Å². The van der Waals surface area contributed by atoms with E-state index < -0.39 is 0 Å². The number of rotatable bonds is 11. The van der Waals surface area contributed by atoms with Gasteiger partial charge in [0.2, 0.25) is 0 Å². The van der Waals surface area contributed by atoms with Gasteiger partial charge in [0, 0.05) is 32.1 Å². The lowest BCUT2D eigenvalue weighted by Crippen LogP contribution is -2.54. The summed E-state index contributed by atoms with van der Waals surface area (Å²) in [5.74, 6) is 3.39. The van der Waals surface area contributed by atoms with E-state index in [0.29, 0.717) is 30.3 Å². The molecule has 3 N–H and O–H groups in total. The van der Waals surface area contributed by atoms with Crippen LogP contribution in [0.5, 0.6) is 0 Å². The Kier molecular flexibility index (Phi) is 10.3. The zero-order valence-corrected chi connectivity index (χ0v) is 26.7. The molecule has 0 aromatic rings. The topological polar surface area (TPSA) is 86.2 Å². The highest BCUT2D eigenvalue weighted by Gasteiger charge is 2.60. The maximum absolute atomic E-state index is 13.2.